The third kappa shape index (κ3) is 5.51. The van der Waals surface area contributed by atoms with Gasteiger partial charge in [0.15, 0.2) is 0 Å². The fourth-order valence-electron chi connectivity index (χ4n) is 4.23. The number of benzene rings is 2. The number of fused-ring (bicyclic) bond motifs is 1. The minimum absolute atomic E-state index is 0.0746. The minimum atomic E-state index is -3.93. The summed E-state index contributed by atoms with van der Waals surface area (Å²) in [6.07, 6.45) is 4.99. The van der Waals surface area contributed by atoms with E-state index in [0.29, 0.717) is 35.7 Å². The summed E-state index contributed by atoms with van der Waals surface area (Å²) in [4.78, 5) is 14.3. The number of para-hydroxylation sites is 1. The first-order valence-corrected chi connectivity index (χ1v) is 14.1. The standard InChI is InChI=1S/C24H33N3O5S2/c1-4-6-12-24(5-2)16-27(17-10-8-7-9-11-17)20-14-21(33-3)18(25-19(15-28)23(29)30)13-22(20)34(31,32)26-24/h7-11,13-14,19,25-26,28H,4-6,12,15-16H2,1-3H3,(H,29,30)/t19-,24-/m0/s1. The molecule has 10 heteroatoms. The first kappa shape index (κ1) is 26.3. The molecule has 0 amide bonds. The normalized spacial score (nSPS) is 20.3. The van der Waals surface area contributed by atoms with Crippen molar-refractivity contribution in [2.75, 3.05) is 29.6 Å². The van der Waals surface area contributed by atoms with E-state index < -0.39 is 34.2 Å². The first-order valence-electron chi connectivity index (χ1n) is 11.4. The zero-order valence-electron chi connectivity index (χ0n) is 19.7. The van der Waals surface area contributed by atoms with Crippen LogP contribution in [0.4, 0.5) is 17.1 Å². The molecule has 2 aromatic carbocycles. The Balaban J connectivity index is 2.24. The van der Waals surface area contributed by atoms with Crippen molar-refractivity contribution >= 4 is 44.8 Å². The number of hydrogen-bond acceptors (Lipinski definition) is 7. The number of thioether (sulfide) groups is 1. The van der Waals surface area contributed by atoms with Crippen LogP contribution in [0.1, 0.15) is 39.5 Å². The van der Waals surface area contributed by atoms with Gasteiger partial charge in [0.25, 0.3) is 0 Å². The van der Waals surface area contributed by atoms with Crippen molar-refractivity contribution in [3.05, 3.63) is 42.5 Å². The van der Waals surface area contributed by atoms with E-state index >= 15 is 0 Å². The van der Waals surface area contributed by atoms with Crippen molar-refractivity contribution in [1.82, 2.24) is 4.72 Å². The SMILES string of the molecule is CCCC[C@@]1(CC)CN(c2ccccc2)c2cc(SC)c(N[C@@H](CO)C(=O)O)cc2S(=O)(=O)N1. The molecule has 2 atom stereocenters. The van der Waals surface area contributed by atoms with Gasteiger partial charge in [-0.1, -0.05) is 44.9 Å². The van der Waals surface area contributed by atoms with Gasteiger partial charge >= 0.3 is 5.97 Å². The van der Waals surface area contributed by atoms with Crippen molar-refractivity contribution in [1.29, 1.82) is 0 Å². The zero-order chi connectivity index (χ0) is 24.9. The van der Waals surface area contributed by atoms with Crippen LogP contribution in [0.25, 0.3) is 0 Å². The summed E-state index contributed by atoms with van der Waals surface area (Å²) < 4.78 is 30.4. The van der Waals surface area contributed by atoms with Crippen LogP contribution in [0, 0.1) is 0 Å². The molecule has 4 N–H and O–H groups in total. The summed E-state index contributed by atoms with van der Waals surface area (Å²) in [6, 6.07) is 11.7. The quantitative estimate of drug-likeness (QED) is 0.356. The molecule has 0 bridgehead atoms. The fraction of sp³-hybridized carbons (Fsp3) is 0.458. The molecule has 1 aliphatic heterocycles. The average molecular weight is 508 g/mol. The molecule has 34 heavy (non-hydrogen) atoms. The number of rotatable bonds is 10. The lowest BCUT2D eigenvalue weighted by molar-refractivity contribution is -0.138. The summed E-state index contributed by atoms with van der Waals surface area (Å²) in [5.41, 5.74) is 1.11. The van der Waals surface area contributed by atoms with Crippen LogP contribution in [0.5, 0.6) is 0 Å². The number of carboxylic acid groups (broad SMARTS) is 1. The zero-order valence-corrected chi connectivity index (χ0v) is 21.4. The monoisotopic (exact) mass is 507 g/mol. The summed E-state index contributed by atoms with van der Waals surface area (Å²) in [7, 11) is -3.93. The third-order valence-corrected chi connectivity index (χ3v) is 8.62. The predicted molar refractivity (Wildman–Crippen MR) is 137 cm³/mol. The van der Waals surface area contributed by atoms with Crippen molar-refractivity contribution in [3.63, 3.8) is 0 Å². The lowest BCUT2D eigenvalue weighted by Crippen LogP contribution is -2.52. The molecule has 0 radical (unpaired) electrons. The van der Waals surface area contributed by atoms with Gasteiger partial charge in [0, 0.05) is 17.1 Å². The number of sulfonamides is 1. The van der Waals surface area contributed by atoms with Crippen LogP contribution < -0.4 is 14.9 Å². The Hall–Kier alpha value is -2.27. The molecule has 1 heterocycles. The van der Waals surface area contributed by atoms with Gasteiger partial charge in [-0.15, -0.1) is 11.8 Å². The molecule has 0 aliphatic carbocycles. The van der Waals surface area contributed by atoms with Crippen molar-refractivity contribution in [3.8, 4) is 0 Å². The van der Waals surface area contributed by atoms with E-state index in [1.807, 2.05) is 48.4 Å². The smallest absolute Gasteiger partial charge is 0.328 e. The minimum Gasteiger partial charge on any atom is -0.480 e. The van der Waals surface area contributed by atoms with Gasteiger partial charge in [-0.25, -0.2) is 17.9 Å². The van der Waals surface area contributed by atoms with Crippen LogP contribution >= 0.6 is 11.8 Å². The van der Waals surface area contributed by atoms with E-state index in [0.717, 1.165) is 18.5 Å². The van der Waals surface area contributed by atoms with Gasteiger partial charge in [-0.05, 0) is 43.4 Å². The Labute approximate surface area is 205 Å². The number of anilines is 3. The Morgan fingerprint density at radius 1 is 1.26 bits per heavy atom. The van der Waals surface area contributed by atoms with Gasteiger partial charge in [-0.2, -0.15) is 0 Å². The molecule has 0 unspecified atom stereocenters. The topological polar surface area (TPSA) is 119 Å². The van der Waals surface area contributed by atoms with Crippen LogP contribution in [-0.2, 0) is 14.8 Å². The second kappa shape index (κ2) is 11.0. The average Bonchev–Trinajstić information content (AvgIpc) is 2.93. The molecule has 0 saturated heterocycles. The van der Waals surface area contributed by atoms with Crippen LogP contribution in [0.3, 0.4) is 0 Å². The van der Waals surface area contributed by atoms with Crippen molar-refractivity contribution in [2.45, 2.75) is 60.9 Å². The van der Waals surface area contributed by atoms with E-state index in [2.05, 4.69) is 17.0 Å². The van der Waals surface area contributed by atoms with Crippen LogP contribution in [-0.4, -0.2) is 55.6 Å². The molecule has 0 spiro atoms. The first-order chi connectivity index (χ1) is 16.2. The number of aliphatic carboxylic acids is 1. The molecule has 2 aromatic rings. The highest BCUT2D eigenvalue weighted by Gasteiger charge is 2.41. The third-order valence-electron chi connectivity index (χ3n) is 6.24. The van der Waals surface area contributed by atoms with E-state index in [1.165, 1.54) is 17.8 Å². The van der Waals surface area contributed by atoms with Gasteiger partial charge in [0.2, 0.25) is 10.0 Å². The maximum atomic E-state index is 13.7. The highest BCUT2D eigenvalue weighted by molar-refractivity contribution is 7.98. The van der Waals surface area contributed by atoms with Crippen LogP contribution in [0.15, 0.2) is 52.3 Å². The number of nitrogens with zero attached hydrogens (tertiary/aromatic N) is 1. The maximum Gasteiger partial charge on any atom is 0.328 e. The number of unbranched alkanes of at least 4 members (excludes halogenated alkanes) is 1. The number of nitrogens with one attached hydrogen (secondary N) is 2. The van der Waals surface area contributed by atoms with Crippen molar-refractivity contribution < 1.29 is 23.4 Å². The summed E-state index contributed by atoms with van der Waals surface area (Å²) >= 11 is 1.38. The lowest BCUT2D eigenvalue weighted by atomic mass is 9.89. The van der Waals surface area contributed by atoms with E-state index in [1.54, 1.807) is 6.07 Å². The largest absolute Gasteiger partial charge is 0.480 e. The van der Waals surface area contributed by atoms with Gasteiger partial charge in [0.05, 0.1) is 23.5 Å². The highest BCUT2D eigenvalue weighted by Crippen LogP contribution is 2.43. The summed E-state index contributed by atoms with van der Waals surface area (Å²) in [5.74, 6) is -1.22. The van der Waals surface area contributed by atoms with Crippen LogP contribution in [0.2, 0.25) is 0 Å². The van der Waals surface area contributed by atoms with E-state index in [-0.39, 0.29) is 4.90 Å². The molecule has 3 rings (SSSR count). The molecule has 8 nitrogen and oxygen atoms in total. The second-order valence-corrected chi connectivity index (χ2v) is 11.0. The Kier molecular flexibility index (Phi) is 8.51. The van der Waals surface area contributed by atoms with Gasteiger partial charge < -0.3 is 20.4 Å². The molecular weight excluding hydrogens is 474 g/mol. The highest BCUT2D eigenvalue weighted by atomic mass is 32.2. The van der Waals surface area contributed by atoms with E-state index in [9.17, 15) is 23.4 Å². The Morgan fingerprint density at radius 3 is 2.53 bits per heavy atom. The Bertz CT molecular complexity index is 1110. The summed E-state index contributed by atoms with van der Waals surface area (Å²) in [6.45, 7) is 3.92. The maximum absolute atomic E-state index is 13.7. The second-order valence-electron chi connectivity index (χ2n) is 8.50. The van der Waals surface area contributed by atoms with Crippen molar-refractivity contribution in [2.24, 2.45) is 0 Å². The molecule has 0 aromatic heterocycles. The fourth-order valence-corrected chi connectivity index (χ4v) is 6.51. The number of carbonyl (C=O) groups is 1. The number of aliphatic hydroxyl groups is 1. The molecule has 1 aliphatic rings. The lowest BCUT2D eigenvalue weighted by Gasteiger charge is -2.36. The predicted octanol–water partition coefficient (Wildman–Crippen LogP) is 4.03. The number of aliphatic hydroxyl groups excluding tert-OH is 1. The molecule has 186 valence electrons. The summed E-state index contributed by atoms with van der Waals surface area (Å²) in [5, 5.41) is 21.7. The Morgan fingerprint density at radius 2 is 1.97 bits per heavy atom. The number of carboxylic acids is 1. The van der Waals surface area contributed by atoms with E-state index in [4.69, 9.17) is 0 Å². The van der Waals surface area contributed by atoms with Gasteiger partial charge in [0.1, 0.15) is 10.9 Å². The van der Waals surface area contributed by atoms with Gasteiger partial charge in [-0.3, -0.25) is 0 Å². The molecule has 0 saturated carbocycles. The molecule has 0 fully saturated rings. The number of hydrogen-bond donors (Lipinski definition) is 4. The molecular formula is C24H33N3O5S2.